The molecule has 0 unspecified atom stereocenters. The molecule has 2 aromatic rings. The van der Waals surface area contributed by atoms with Gasteiger partial charge in [-0.1, -0.05) is 0 Å². The Morgan fingerprint density at radius 3 is 2.81 bits per heavy atom. The van der Waals surface area contributed by atoms with Gasteiger partial charge in [0.2, 0.25) is 0 Å². The van der Waals surface area contributed by atoms with Crippen molar-refractivity contribution in [2.75, 3.05) is 28.2 Å². The first-order valence-electron chi connectivity index (χ1n) is 10.4. The molecule has 0 atom stereocenters. The van der Waals surface area contributed by atoms with Gasteiger partial charge in [0.25, 0.3) is 0 Å². The molecule has 0 spiro atoms. The quantitative estimate of drug-likeness (QED) is 0.136. The summed E-state index contributed by atoms with van der Waals surface area (Å²) in [5, 5.41) is 15.5. The van der Waals surface area contributed by atoms with Gasteiger partial charge in [0.05, 0.1) is 0 Å². The SMILES string of the molecule is CCOc1ncccc1-c1cc(NCC2=CI(CC)N[I-]2)c(NC(C)C)c(C(C)=N)n1. The van der Waals surface area contributed by atoms with E-state index in [1.165, 1.54) is 8.01 Å². The van der Waals surface area contributed by atoms with E-state index in [9.17, 15) is 0 Å². The standard InChI is InChI=1S/C22H31I2N6O/c1-6-24-12-16(23-30-24)13-27-19-11-18(17-9-8-10-26-22(17)31-7-2)29-20(15(5)25)21(19)28-14(3)4/h8-12,14,25,28,30H,6-7,13H2,1-5H3,(H,27,29)/q-1. The summed E-state index contributed by atoms with van der Waals surface area (Å²) >= 11 is -1.11. The van der Waals surface area contributed by atoms with E-state index in [-0.39, 0.29) is 27.5 Å². The zero-order chi connectivity index (χ0) is 22.4. The third-order valence-corrected chi connectivity index (χ3v) is 15.7. The van der Waals surface area contributed by atoms with Gasteiger partial charge in [0.1, 0.15) is 0 Å². The second-order valence-corrected chi connectivity index (χ2v) is 16.7. The van der Waals surface area contributed by atoms with Crippen molar-refractivity contribution < 1.29 is 26.2 Å². The number of hydrogen-bond donors (Lipinski definition) is 4. The third kappa shape index (κ3) is 6.28. The Balaban J connectivity index is 2.05. The normalized spacial score (nSPS) is 14.8. The molecule has 0 bridgehead atoms. The topological polar surface area (TPSA) is 95.0 Å². The number of halogens is 2. The molecular weight excluding hydrogens is 618 g/mol. The summed E-state index contributed by atoms with van der Waals surface area (Å²) in [7, 11) is 0. The van der Waals surface area contributed by atoms with Gasteiger partial charge < -0.3 is 0 Å². The van der Waals surface area contributed by atoms with E-state index >= 15 is 0 Å². The number of anilines is 2. The van der Waals surface area contributed by atoms with Crippen molar-refractivity contribution in [1.29, 1.82) is 5.41 Å². The van der Waals surface area contributed by atoms with Gasteiger partial charge in [0, 0.05) is 0 Å². The number of nitrogens with zero attached hydrogens (tertiary/aromatic N) is 2. The van der Waals surface area contributed by atoms with Crippen LogP contribution in [0.3, 0.4) is 0 Å². The van der Waals surface area contributed by atoms with Crippen LogP contribution in [0.25, 0.3) is 11.3 Å². The van der Waals surface area contributed by atoms with E-state index in [0.717, 1.165) is 29.2 Å². The predicted molar refractivity (Wildman–Crippen MR) is 134 cm³/mol. The van der Waals surface area contributed by atoms with Crippen molar-refractivity contribution in [1.82, 2.24) is 11.7 Å². The average Bonchev–Trinajstić information content (AvgIpc) is 3.21. The number of rotatable bonds is 10. The van der Waals surface area contributed by atoms with Gasteiger partial charge in [-0.25, -0.2) is 0 Å². The number of pyridine rings is 2. The van der Waals surface area contributed by atoms with Gasteiger partial charge in [-0.15, -0.1) is 0 Å². The summed E-state index contributed by atoms with van der Waals surface area (Å²) < 4.78 is 14.8. The van der Waals surface area contributed by atoms with Crippen molar-refractivity contribution >= 4 is 37.2 Å². The molecule has 170 valence electrons. The van der Waals surface area contributed by atoms with Crippen LogP contribution in [0.1, 0.15) is 40.3 Å². The Labute approximate surface area is 203 Å². The number of hydrogen-bond acceptors (Lipinski definition) is 7. The molecule has 0 aromatic carbocycles. The first-order chi connectivity index (χ1) is 14.9. The van der Waals surface area contributed by atoms with Crippen molar-refractivity contribution in [2.45, 2.75) is 40.7 Å². The summed E-state index contributed by atoms with van der Waals surface area (Å²) in [5.41, 5.74) is 4.49. The molecule has 31 heavy (non-hydrogen) atoms. The maximum absolute atomic E-state index is 8.37. The number of aromatic nitrogens is 2. The Hall–Kier alpha value is -1.47. The van der Waals surface area contributed by atoms with Crippen molar-refractivity contribution in [3.05, 3.63) is 37.8 Å². The maximum atomic E-state index is 8.37. The molecule has 0 saturated heterocycles. The summed E-state index contributed by atoms with van der Waals surface area (Å²) in [5.74, 6) is 0.563. The molecule has 0 saturated carbocycles. The molecule has 0 fully saturated rings. The van der Waals surface area contributed by atoms with E-state index in [1.807, 2.05) is 25.1 Å². The van der Waals surface area contributed by atoms with Crippen LogP contribution in [0, 0.1) is 5.41 Å². The Kier molecular flexibility index (Phi) is 8.90. The molecule has 4 N–H and O–H groups in total. The molecule has 7 nitrogen and oxygen atoms in total. The van der Waals surface area contributed by atoms with Crippen LogP contribution >= 0.6 is 20.1 Å². The molecular formula is C22H31I2N6O-. The minimum absolute atomic E-state index is 0.0694. The summed E-state index contributed by atoms with van der Waals surface area (Å²) in [6.45, 7) is 11.6. The molecule has 1 aliphatic rings. The monoisotopic (exact) mass is 649 g/mol. The van der Waals surface area contributed by atoms with Crippen LogP contribution < -0.4 is 38.6 Å². The number of alkyl halides is 1. The molecule has 3 heterocycles. The van der Waals surface area contributed by atoms with Gasteiger partial charge >= 0.3 is 204 Å². The first-order valence-corrected chi connectivity index (χ1v) is 16.4. The molecule has 2 aromatic heterocycles. The van der Waals surface area contributed by atoms with E-state index in [0.29, 0.717) is 23.9 Å². The number of ether oxygens (including phenoxy) is 1. The Morgan fingerprint density at radius 1 is 1.35 bits per heavy atom. The summed E-state index contributed by atoms with van der Waals surface area (Å²) in [4.78, 5) is 9.23. The molecule has 0 radical (unpaired) electrons. The van der Waals surface area contributed by atoms with Crippen molar-refractivity contribution in [2.24, 2.45) is 0 Å². The average molecular weight is 649 g/mol. The fraction of sp³-hybridized carbons (Fsp3) is 0.409. The molecule has 0 amide bonds. The molecule has 3 rings (SSSR count). The van der Waals surface area contributed by atoms with Gasteiger partial charge in [-0.2, -0.15) is 0 Å². The predicted octanol–water partition coefficient (Wildman–Crippen LogP) is 2.05. The Morgan fingerprint density at radius 2 is 2.16 bits per heavy atom. The van der Waals surface area contributed by atoms with Crippen LogP contribution in [0.2, 0.25) is 0 Å². The van der Waals surface area contributed by atoms with Crippen LogP contribution in [0.5, 0.6) is 5.88 Å². The Bertz CT molecular complexity index is 963. The van der Waals surface area contributed by atoms with Gasteiger partial charge in [-0.05, 0) is 0 Å². The summed E-state index contributed by atoms with van der Waals surface area (Å²) in [6, 6.07) is 6.13. The zero-order valence-electron chi connectivity index (χ0n) is 18.6. The van der Waals surface area contributed by atoms with Crippen LogP contribution in [-0.4, -0.2) is 39.3 Å². The van der Waals surface area contributed by atoms with E-state index < -0.39 is 20.1 Å². The fourth-order valence-corrected chi connectivity index (χ4v) is 14.9. The van der Waals surface area contributed by atoms with Crippen LogP contribution in [-0.2, 0) is 0 Å². The number of nitrogens with one attached hydrogen (secondary N) is 4. The van der Waals surface area contributed by atoms with E-state index in [1.54, 1.807) is 13.1 Å². The molecule has 0 aliphatic carbocycles. The van der Waals surface area contributed by atoms with E-state index in [4.69, 9.17) is 15.1 Å². The second kappa shape index (κ2) is 11.4. The first kappa shape index (κ1) is 24.2. The zero-order valence-corrected chi connectivity index (χ0v) is 23.0. The van der Waals surface area contributed by atoms with Crippen molar-refractivity contribution in [3.8, 4) is 17.1 Å². The van der Waals surface area contributed by atoms with Crippen LogP contribution in [0.4, 0.5) is 11.4 Å². The van der Waals surface area contributed by atoms with Gasteiger partial charge in [-0.3, -0.25) is 0 Å². The van der Waals surface area contributed by atoms with E-state index in [2.05, 4.69) is 42.2 Å². The molecule has 9 heteroatoms. The van der Waals surface area contributed by atoms with Gasteiger partial charge in [0.15, 0.2) is 0 Å². The minimum atomic E-state index is -1.04. The third-order valence-electron chi connectivity index (χ3n) is 4.37. The van der Waals surface area contributed by atoms with Crippen molar-refractivity contribution in [3.63, 3.8) is 0 Å². The summed E-state index contributed by atoms with van der Waals surface area (Å²) in [6.07, 6.45) is 1.73. The van der Waals surface area contributed by atoms with Crippen LogP contribution in [0.15, 0.2) is 32.1 Å². The fourth-order valence-electron chi connectivity index (χ4n) is 3.02. The second-order valence-electron chi connectivity index (χ2n) is 7.23. The molecule has 1 aliphatic heterocycles.